The molecule has 0 aliphatic rings. The van der Waals surface area contributed by atoms with Crippen molar-refractivity contribution in [1.29, 1.82) is 0 Å². The second-order valence-corrected chi connectivity index (χ2v) is 4.54. The van der Waals surface area contributed by atoms with Gasteiger partial charge in [-0.1, -0.05) is 23.7 Å². The summed E-state index contributed by atoms with van der Waals surface area (Å²) in [6, 6.07) is 13.4. The third kappa shape index (κ3) is 1.93. The zero-order valence-corrected chi connectivity index (χ0v) is 10.4. The Labute approximate surface area is 110 Å². The lowest BCUT2D eigenvalue weighted by Gasteiger charge is -2.07. The third-order valence-corrected chi connectivity index (χ3v) is 3.23. The number of aromatic nitrogens is 2. The van der Waals surface area contributed by atoms with E-state index in [1.165, 1.54) is 0 Å². The van der Waals surface area contributed by atoms with Crippen LogP contribution < -0.4 is 5.73 Å². The van der Waals surface area contributed by atoms with Gasteiger partial charge in [-0.05, 0) is 35.9 Å². The SMILES string of the molecule is Nc1ccc(Cl)c(Cn2[c]nc3ccccc32)c1. The second-order valence-electron chi connectivity index (χ2n) is 4.14. The van der Waals surface area contributed by atoms with Crippen LogP contribution in [0.3, 0.4) is 0 Å². The quantitative estimate of drug-likeness (QED) is 0.716. The van der Waals surface area contributed by atoms with Crippen LogP contribution in [0.1, 0.15) is 5.56 Å². The first-order valence-electron chi connectivity index (χ1n) is 5.61. The number of para-hydroxylation sites is 2. The summed E-state index contributed by atoms with van der Waals surface area (Å²) in [5, 5.41) is 0.704. The van der Waals surface area contributed by atoms with Crippen molar-refractivity contribution < 1.29 is 0 Å². The number of hydrogen-bond donors (Lipinski definition) is 1. The first-order chi connectivity index (χ1) is 8.74. The largest absolute Gasteiger partial charge is 0.399 e. The first-order valence-corrected chi connectivity index (χ1v) is 5.99. The zero-order chi connectivity index (χ0) is 12.5. The van der Waals surface area contributed by atoms with Crippen molar-refractivity contribution in [3.05, 3.63) is 59.4 Å². The Balaban J connectivity index is 2.04. The zero-order valence-electron chi connectivity index (χ0n) is 9.60. The summed E-state index contributed by atoms with van der Waals surface area (Å²) in [6.45, 7) is 0.615. The number of hydrogen-bond acceptors (Lipinski definition) is 2. The molecule has 0 aliphatic heterocycles. The van der Waals surface area contributed by atoms with Gasteiger partial charge in [-0.25, -0.2) is 4.98 Å². The van der Waals surface area contributed by atoms with Crippen molar-refractivity contribution in [1.82, 2.24) is 9.55 Å². The van der Waals surface area contributed by atoms with Gasteiger partial charge in [0, 0.05) is 10.7 Å². The Morgan fingerprint density at radius 2 is 2.06 bits per heavy atom. The predicted molar refractivity (Wildman–Crippen MR) is 73.5 cm³/mol. The van der Waals surface area contributed by atoms with Gasteiger partial charge < -0.3 is 10.3 Å². The number of anilines is 1. The molecule has 0 saturated heterocycles. The van der Waals surface area contributed by atoms with E-state index in [9.17, 15) is 0 Å². The van der Waals surface area contributed by atoms with E-state index in [4.69, 9.17) is 17.3 Å². The maximum Gasteiger partial charge on any atom is 0.177 e. The molecule has 3 rings (SSSR count). The van der Waals surface area contributed by atoms with E-state index in [0.717, 1.165) is 16.6 Å². The minimum absolute atomic E-state index is 0.615. The summed E-state index contributed by atoms with van der Waals surface area (Å²) in [7, 11) is 0. The molecule has 2 aromatic carbocycles. The molecule has 1 heterocycles. The van der Waals surface area contributed by atoms with E-state index in [2.05, 4.69) is 11.3 Å². The second kappa shape index (κ2) is 4.35. The number of benzene rings is 2. The van der Waals surface area contributed by atoms with Gasteiger partial charge in [0.25, 0.3) is 0 Å². The fraction of sp³-hybridized carbons (Fsp3) is 0.0714. The number of nitrogens with zero attached hydrogens (tertiary/aromatic N) is 2. The first kappa shape index (κ1) is 11.1. The van der Waals surface area contributed by atoms with E-state index in [-0.39, 0.29) is 0 Å². The summed E-state index contributed by atoms with van der Waals surface area (Å²) in [5.41, 5.74) is 9.42. The fourth-order valence-corrected chi connectivity index (χ4v) is 2.14. The molecule has 0 atom stereocenters. The van der Waals surface area contributed by atoms with Crippen LogP contribution in [0.15, 0.2) is 42.5 Å². The molecule has 0 saturated carbocycles. The van der Waals surface area contributed by atoms with Crippen molar-refractivity contribution in [3.63, 3.8) is 0 Å². The molecule has 0 aliphatic carbocycles. The molecule has 0 spiro atoms. The standard InChI is InChI=1S/C14H11ClN3/c15-12-6-5-11(16)7-10(12)8-18-9-17-13-3-1-2-4-14(13)18/h1-7H,8,16H2. The van der Waals surface area contributed by atoms with Crippen molar-refractivity contribution in [2.45, 2.75) is 6.54 Å². The fourth-order valence-electron chi connectivity index (χ4n) is 1.96. The highest BCUT2D eigenvalue weighted by molar-refractivity contribution is 6.31. The summed E-state index contributed by atoms with van der Waals surface area (Å²) in [6.07, 6.45) is 2.98. The molecular weight excluding hydrogens is 246 g/mol. The predicted octanol–water partition coefficient (Wildman–Crippen LogP) is 3.12. The van der Waals surface area contributed by atoms with Crippen LogP contribution in [0.2, 0.25) is 5.02 Å². The number of nitrogens with two attached hydrogens (primary N) is 1. The Hall–Kier alpha value is -2.00. The lowest BCUT2D eigenvalue weighted by atomic mass is 10.2. The minimum atomic E-state index is 0.615. The van der Waals surface area contributed by atoms with Gasteiger partial charge in [-0.3, -0.25) is 0 Å². The monoisotopic (exact) mass is 256 g/mol. The molecule has 3 aromatic rings. The molecule has 1 aromatic heterocycles. The molecule has 89 valence electrons. The third-order valence-electron chi connectivity index (χ3n) is 2.86. The number of imidazole rings is 1. The van der Waals surface area contributed by atoms with Crippen LogP contribution in [0, 0.1) is 6.33 Å². The lowest BCUT2D eigenvalue weighted by molar-refractivity contribution is 0.817. The Morgan fingerprint density at radius 3 is 2.94 bits per heavy atom. The van der Waals surface area contributed by atoms with Crippen molar-refractivity contribution in [2.24, 2.45) is 0 Å². The smallest absolute Gasteiger partial charge is 0.177 e. The molecule has 0 bridgehead atoms. The summed E-state index contributed by atoms with van der Waals surface area (Å²) in [4.78, 5) is 4.23. The highest BCUT2D eigenvalue weighted by Crippen LogP contribution is 2.21. The molecule has 0 fully saturated rings. The topological polar surface area (TPSA) is 43.8 Å². The van der Waals surface area contributed by atoms with Crippen LogP contribution in [0.5, 0.6) is 0 Å². The van der Waals surface area contributed by atoms with E-state index >= 15 is 0 Å². The van der Waals surface area contributed by atoms with E-state index in [1.54, 1.807) is 6.07 Å². The molecule has 4 heteroatoms. The average Bonchev–Trinajstić information content (AvgIpc) is 2.78. The molecular formula is C14H11ClN3. The number of halogens is 1. The Bertz CT molecular complexity index is 703. The van der Waals surface area contributed by atoms with Gasteiger partial charge in [-0.15, -0.1) is 0 Å². The summed E-state index contributed by atoms with van der Waals surface area (Å²) in [5.74, 6) is 0. The Kier molecular flexibility index (Phi) is 2.68. The highest BCUT2D eigenvalue weighted by atomic mass is 35.5. The van der Waals surface area contributed by atoms with E-state index in [0.29, 0.717) is 17.3 Å². The summed E-state index contributed by atoms with van der Waals surface area (Å²) < 4.78 is 1.94. The molecule has 18 heavy (non-hydrogen) atoms. The van der Waals surface area contributed by atoms with Crippen molar-refractivity contribution in [2.75, 3.05) is 5.73 Å². The van der Waals surface area contributed by atoms with Gasteiger partial charge >= 0.3 is 0 Å². The average molecular weight is 257 g/mol. The van der Waals surface area contributed by atoms with Crippen LogP contribution in [-0.4, -0.2) is 9.55 Å². The lowest BCUT2D eigenvalue weighted by Crippen LogP contribution is -2.00. The molecule has 3 nitrogen and oxygen atoms in total. The normalized spacial score (nSPS) is 10.9. The highest BCUT2D eigenvalue weighted by Gasteiger charge is 2.06. The van der Waals surface area contributed by atoms with Gasteiger partial charge in [0.05, 0.1) is 17.6 Å². The maximum absolute atomic E-state index is 6.16. The van der Waals surface area contributed by atoms with Crippen LogP contribution >= 0.6 is 11.6 Å². The van der Waals surface area contributed by atoms with Gasteiger partial charge in [0.15, 0.2) is 6.33 Å². The van der Waals surface area contributed by atoms with Gasteiger partial charge in [0.2, 0.25) is 0 Å². The molecule has 1 radical (unpaired) electrons. The van der Waals surface area contributed by atoms with E-state index < -0.39 is 0 Å². The summed E-state index contributed by atoms with van der Waals surface area (Å²) >= 11 is 6.16. The molecule has 0 amide bonds. The van der Waals surface area contributed by atoms with E-state index in [1.807, 2.05) is 41.0 Å². The number of nitrogen functional groups attached to an aromatic ring is 1. The van der Waals surface area contributed by atoms with Crippen molar-refractivity contribution >= 4 is 28.3 Å². The van der Waals surface area contributed by atoms with Crippen molar-refractivity contribution in [3.8, 4) is 0 Å². The van der Waals surface area contributed by atoms with Crippen LogP contribution in [0.4, 0.5) is 5.69 Å². The van der Waals surface area contributed by atoms with Crippen LogP contribution in [0.25, 0.3) is 11.0 Å². The van der Waals surface area contributed by atoms with Crippen LogP contribution in [-0.2, 0) is 6.54 Å². The Morgan fingerprint density at radius 1 is 1.22 bits per heavy atom. The molecule has 2 N–H and O–H groups in total. The number of fused-ring (bicyclic) bond motifs is 1. The van der Waals surface area contributed by atoms with Gasteiger partial charge in [-0.2, -0.15) is 0 Å². The maximum atomic E-state index is 6.16. The van der Waals surface area contributed by atoms with Gasteiger partial charge in [0.1, 0.15) is 0 Å². The number of rotatable bonds is 2. The minimum Gasteiger partial charge on any atom is -0.399 e. The molecule has 0 unspecified atom stereocenters.